The quantitative estimate of drug-likeness (QED) is 0.547. The highest BCUT2D eigenvalue weighted by atomic mass is 79.9. The monoisotopic (exact) mass is 436 g/mol. The fourth-order valence-corrected chi connectivity index (χ4v) is 4.23. The summed E-state index contributed by atoms with van der Waals surface area (Å²) in [5.41, 5.74) is 1.23. The molecule has 1 aliphatic rings. The molecule has 0 unspecified atom stereocenters. The zero-order valence-corrected chi connectivity index (χ0v) is 18.8. The average molecular weight is 437 g/mol. The van der Waals surface area contributed by atoms with Crippen LogP contribution in [0.3, 0.4) is 0 Å². The van der Waals surface area contributed by atoms with Crippen LogP contribution in [0, 0.1) is 5.92 Å². The molecule has 5 nitrogen and oxygen atoms in total. The van der Waals surface area contributed by atoms with Crippen LogP contribution in [0.2, 0.25) is 0 Å². The van der Waals surface area contributed by atoms with Crippen molar-refractivity contribution in [1.82, 2.24) is 15.5 Å². The summed E-state index contributed by atoms with van der Waals surface area (Å²) in [6.45, 7) is 10.8. The molecular weight excluding hydrogens is 404 g/mol. The van der Waals surface area contributed by atoms with Gasteiger partial charge in [-0.15, -0.1) is 0 Å². The Kier molecular flexibility index (Phi) is 7.71. The van der Waals surface area contributed by atoms with Crippen LogP contribution >= 0.6 is 15.9 Å². The van der Waals surface area contributed by atoms with E-state index in [9.17, 15) is 4.79 Å². The minimum atomic E-state index is -0.0369. The Bertz CT molecular complexity index is 664. The largest absolute Gasteiger partial charge is 0.356 e. The summed E-state index contributed by atoms with van der Waals surface area (Å²) in [5, 5.41) is 6.99. The van der Waals surface area contributed by atoms with E-state index in [1.165, 1.54) is 5.56 Å². The van der Waals surface area contributed by atoms with E-state index in [4.69, 9.17) is 0 Å². The molecule has 1 aromatic carbocycles. The zero-order valence-electron chi connectivity index (χ0n) is 17.2. The first-order valence-electron chi connectivity index (χ1n) is 9.75. The second-order valence-corrected chi connectivity index (χ2v) is 9.04. The highest BCUT2D eigenvalue weighted by molar-refractivity contribution is 9.10. The summed E-state index contributed by atoms with van der Waals surface area (Å²) in [4.78, 5) is 18.5. The Morgan fingerprint density at radius 1 is 1.30 bits per heavy atom. The Morgan fingerprint density at radius 3 is 2.48 bits per heavy atom. The number of carbonyl (C=O) groups excluding carboxylic acids is 1. The molecule has 0 radical (unpaired) electrons. The van der Waals surface area contributed by atoms with Crippen molar-refractivity contribution >= 4 is 27.8 Å². The van der Waals surface area contributed by atoms with Gasteiger partial charge in [-0.25, -0.2) is 0 Å². The smallest absolute Gasteiger partial charge is 0.225 e. The standard InChI is InChI=1S/C21H33BrN4O/c1-15(2)19(27)26-12-10-16(11-13-26)25-20(23-5)24-14-21(3,4)17-8-6-7-9-18(17)22/h6-9,15-16H,10-14H2,1-5H3,(H2,23,24,25). The lowest BCUT2D eigenvalue weighted by Crippen LogP contribution is -2.51. The first-order valence-corrected chi connectivity index (χ1v) is 10.5. The van der Waals surface area contributed by atoms with Gasteiger partial charge in [0.2, 0.25) is 5.91 Å². The van der Waals surface area contributed by atoms with Crippen LogP contribution in [0.5, 0.6) is 0 Å². The maximum Gasteiger partial charge on any atom is 0.225 e. The van der Waals surface area contributed by atoms with Crippen LogP contribution in [-0.4, -0.2) is 49.5 Å². The van der Waals surface area contributed by atoms with Crippen LogP contribution in [0.1, 0.15) is 46.1 Å². The van der Waals surface area contributed by atoms with Crippen molar-refractivity contribution in [3.8, 4) is 0 Å². The van der Waals surface area contributed by atoms with Gasteiger partial charge in [0.25, 0.3) is 0 Å². The SMILES string of the molecule is CN=C(NCC(C)(C)c1ccccc1Br)NC1CCN(C(=O)C(C)C)CC1. The van der Waals surface area contributed by atoms with Crippen LogP contribution in [-0.2, 0) is 10.2 Å². The average Bonchev–Trinajstić information content (AvgIpc) is 2.65. The zero-order chi connectivity index (χ0) is 20.0. The van der Waals surface area contributed by atoms with Crippen molar-refractivity contribution in [3.63, 3.8) is 0 Å². The first-order chi connectivity index (χ1) is 12.7. The predicted molar refractivity (Wildman–Crippen MR) is 116 cm³/mol. The van der Waals surface area contributed by atoms with Gasteiger partial charge in [-0.2, -0.15) is 0 Å². The first kappa shape index (κ1) is 21.7. The molecule has 0 bridgehead atoms. The molecule has 6 heteroatoms. The van der Waals surface area contributed by atoms with E-state index in [0.717, 1.165) is 42.9 Å². The Balaban J connectivity index is 1.86. The number of halogens is 1. The van der Waals surface area contributed by atoms with Crippen molar-refractivity contribution in [2.45, 2.75) is 52.0 Å². The van der Waals surface area contributed by atoms with Gasteiger partial charge in [0.15, 0.2) is 5.96 Å². The van der Waals surface area contributed by atoms with Gasteiger partial charge in [0.1, 0.15) is 0 Å². The van der Waals surface area contributed by atoms with Crippen molar-refractivity contribution in [1.29, 1.82) is 0 Å². The summed E-state index contributed by atoms with van der Waals surface area (Å²) < 4.78 is 1.13. The van der Waals surface area contributed by atoms with Crippen LogP contribution in [0.4, 0.5) is 0 Å². The molecule has 150 valence electrons. The molecule has 0 aromatic heterocycles. The Labute approximate surface area is 172 Å². The van der Waals surface area contributed by atoms with E-state index in [1.54, 1.807) is 7.05 Å². The Morgan fingerprint density at radius 2 is 1.93 bits per heavy atom. The van der Waals surface area contributed by atoms with Crippen molar-refractivity contribution in [2.75, 3.05) is 26.7 Å². The molecule has 1 aliphatic heterocycles. The Hall–Kier alpha value is -1.56. The molecule has 27 heavy (non-hydrogen) atoms. The van der Waals surface area contributed by atoms with Gasteiger partial charge < -0.3 is 15.5 Å². The van der Waals surface area contributed by atoms with Gasteiger partial charge in [-0.1, -0.05) is 61.8 Å². The van der Waals surface area contributed by atoms with E-state index >= 15 is 0 Å². The highest BCUT2D eigenvalue weighted by Gasteiger charge is 2.26. The molecule has 0 saturated carbocycles. The number of hydrogen-bond donors (Lipinski definition) is 2. The van der Waals surface area contributed by atoms with Crippen LogP contribution < -0.4 is 10.6 Å². The summed E-state index contributed by atoms with van der Waals surface area (Å²) >= 11 is 3.66. The molecule has 0 aliphatic carbocycles. The van der Waals surface area contributed by atoms with E-state index in [2.05, 4.69) is 63.6 Å². The van der Waals surface area contributed by atoms with E-state index in [0.29, 0.717) is 6.04 Å². The van der Waals surface area contributed by atoms with Crippen molar-refractivity contribution in [3.05, 3.63) is 34.3 Å². The maximum atomic E-state index is 12.1. The maximum absolute atomic E-state index is 12.1. The number of nitrogens with zero attached hydrogens (tertiary/aromatic N) is 2. The summed E-state index contributed by atoms with van der Waals surface area (Å²) in [7, 11) is 1.80. The minimum absolute atomic E-state index is 0.0369. The van der Waals surface area contributed by atoms with Crippen LogP contribution in [0.25, 0.3) is 0 Å². The number of likely N-dealkylation sites (tertiary alicyclic amines) is 1. The third kappa shape index (κ3) is 5.96. The fraction of sp³-hybridized carbons (Fsp3) is 0.619. The normalized spacial score (nSPS) is 16.6. The molecule has 1 fully saturated rings. The van der Waals surface area contributed by atoms with E-state index in [1.807, 2.05) is 24.8 Å². The second-order valence-electron chi connectivity index (χ2n) is 8.19. The molecule has 1 aromatic rings. The summed E-state index contributed by atoms with van der Waals surface area (Å²) in [6.07, 6.45) is 1.90. The number of carbonyl (C=O) groups is 1. The molecule has 1 amide bonds. The molecule has 0 atom stereocenters. The molecule has 2 N–H and O–H groups in total. The number of hydrogen-bond acceptors (Lipinski definition) is 2. The number of rotatable bonds is 5. The summed E-state index contributed by atoms with van der Waals surface area (Å²) in [6, 6.07) is 8.69. The van der Waals surface area contributed by atoms with E-state index < -0.39 is 0 Å². The van der Waals surface area contributed by atoms with Gasteiger partial charge in [-0.3, -0.25) is 9.79 Å². The second kappa shape index (κ2) is 9.58. The highest BCUT2D eigenvalue weighted by Crippen LogP contribution is 2.29. The number of piperidine rings is 1. The number of aliphatic imine (C=N–C) groups is 1. The van der Waals surface area contributed by atoms with Gasteiger partial charge >= 0.3 is 0 Å². The minimum Gasteiger partial charge on any atom is -0.356 e. The molecule has 1 heterocycles. The topological polar surface area (TPSA) is 56.7 Å². The van der Waals surface area contributed by atoms with Gasteiger partial charge in [-0.05, 0) is 24.5 Å². The van der Waals surface area contributed by atoms with Crippen molar-refractivity contribution < 1.29 is 4.79 Å². The lowest BCUT2D eigenvalue weighted by atomic mass is 9.84. The van der Waals surface area contributed by atoms with E-state index in [-0.39, 0.29) is 17.2 Å². The van der Waals surface area contributed by atoms with Crippen molar-refractivity contribution in [2.24, 2.45) is 10.9 Å². The molecular formula is C21H33BrN4O. The molecule has 0 spiro atoms. The molecule has 2 rings (SSSR count). The predicted octanol–water partition coefficient (Wildman–Crippen LogP) is 3.54. The number of guanidine groups is 1. The summed E-state index contributed by atoms with van der Waals surface area (Å²) in [5.74, 6) is 1.15. The number of benzene rings is 1. The van der Waals surface area contributed by atoms with Crippen LogP contribution in [0.15, 0.2) is 33.7 Å². The lowest BCUT2D eigenvalue weighted by molar-refractivity contribution is -0.135. The lowest BCUT2D eigenvalue weighted by Gasteiger charge is -2.34. The number of nitrogens with one attached hydrogen (secondary N) is 2. The fourth-order valence-electron chi connectivity index (χ4n) is 3.41. The molecule has 1 saturated heterocycles. The third-order valence-electron chi connectivity index (χ3n) is 5.17. The van der Waals surface area contributed by atoms with Gasteiger partial charge in [0.05, 0.1) is 0 Å². The van der Waals surface area contributed by atoms with Gasteiger partial charge in [0, 0.05) is 48.5 Å². The number of amides is 1. The third-order valence-corrected chi connectivity index (χ3v) is 5.86.